The number of aromatic nitrogens is 2. The molecule has 2 N–H and O–H groups in total. The molecule has 1 unspecified atom stereocenters. The molecule has 5 heteroatoms. The van der Waals surface area contributed by atoms with Crippen LogP contribution in [0.3, 0.4) is 0 Å². The standard InChI is InChI=1S/C19H27N3O2/c1-14(2)12-17-13-18(22-21-17)19(23)20-10-7-11-24-15(3)16-8-5-4-6-9-16/h4-6,8-9,13-15H,7,10-12H2,1-3H3,(H,20,23)(H,21,22). The average molecular weight is 329 g/mol. The van der Waals surface area contributed by atoms with E-state index in [0.29, 0.717) is 24.8 Å². The predicted octanol–water partition coefficient (Wildman–Crippen LogP) is 3.51. The Hall–Kier alpha value is -2.14. The van der Waals surface area contributed by atoms with Gasteiger partial charge in [0.05, 0.1) is 6.10 Å². The van der Waals surface area contributed by atoms with E-state index in [-0.39, 0.29) is 12.0 Å². The predicted molar refractivity (Wildman–Crippen MR) is 94.9 cm³/mol. The molecule has 2 aromatic rings. The number of benzene rings is 1. The minimum Gasteiger partial charge on any atom is -0.374 e. The summed E-state index contributed by atoms with van der Waals surface area (Å²) < 4.78 is 5.79. The van der Waals surface area contributed by atoms with Crippen LogP contribution in [0.25, 0.3) is 0 Å². The summed E-state index contributed by atoms with van der Waals surface area (Å²) in [6.07, 6.45) is 1.73. The van der Waals surface area contributed by atoms with Gasteiger partial charge in [-0.1, -0.05) is 44.2 Å². The number of rotatable bonds is 9. The van der Waals surface area contributed by atoms with Crippen LogP contribution in [0.1, 0.15) is 55.0 Å². The Balaban J connectivity index is 1.65. The SMILES string of the molecule is CC(C)Cc1cc(C(=O)NCCCOC(C)c2ccccc2)n[nH]1. The number of H-pyrrole nitrogens is 1. The number of nitrogens with one attached hydrogen (secondary N) is 2. The summed E-state index contributed by atoms with van der Waals surface area (Å²) in [6, 6.07) is 11.9. The Morgan fingerprint density at radius 3 is 2.71 bits per heavy atom. The summed E-state index contributed by atoms with van der Waals surface area (Å²) >= 11 is 0. The van der Waals surface area contributed by atoms with Crippen molar-refractivity contribution in [3.05, 3.63) is 53.3 Å². The maximum absolute atomic E-state index is 12.0. The average Bonchev–Trinajstić information content (AvgIpc) is 3.02. The molecule has 0 aliphatic carbocycles. The molecular formula is C19H27N3O2. The zero-order valence-electron chi connectivity index (χ0n) is 14.7. The third-order valence-electron chi connectivity index (χ3n) is 3.74. The second kappa shape index (κ2) is 9.23. The van der Waals surface area contributed by atoms with Gasteiger partial charge in [-0.25, -0.2) is 0 Å². The number of carbonyl (C=O) groups excluding carboxylic acids is 1. The van der Waals surface area contributed by atoms with Crippen LogP contribution < -0.4 is 5.32 Å². The summed E-state index contributed by atoms with van der Waals surface area (Å²) in [5.41, 5.74) is 2.61. The summed E-state index contributed by atoms with van der Waals surface area (Å²) in [5, 5.41) is 9.86. The molecule has 0 bridgehead atoms. The summed E-state index contributed by atoms with van der Waals surface area (Å²) in [7, 11) is 0. The van der Waals surface area contributed by atoms with Gasteiger partial charge in [0.25, 0.3) is 5.91 Å². The van der Waals surface area contributed by atoms with Crippen LogP contribution in [0.15, 0.2) is 36.4 Å². The third-order valence-corrected chi connectivity index (χ3v) is 3.74. The molecule has 0 fully saturated rings. The lowest BCUT2D eigenvalue weighted by Gasteiger charge is -2.13. The fourth-order valence-electron chi connectivity index (χ4n) is 2.47. The normalized spacial score (nSPS) is 12.3. The fourth-order valence-corrected chi connectivity index (χ4v) is 2.47. The van der Waals surface area contributed by atoms with Crippen LogP contribution >= 0.6 is 0 Å². The molecule has 5 nitrogen and oxygen atoms in total. The number of aromatic amines is 1. The number of ether oxygens (including phenoxy) is 1. The lowest BCUT2D eigenvalue weighted by molar-refractivity contribution is 0.0634. The minimum absolute atomic E-state index is 0.0619. The third kappa shape index (κ3) is 5.81. The van der Waals surface area contributed by atoms with Gasteiger partial charge in [-0.15, -0.1) is 0 Å². The van der Waals surface area contributed by atoms with E-state index in [1.54, 1.807) is 0 Å². The smallest absolute Gasteiger partial charge is 0.271 e. The van der Waals surface area contributed by atoms with Crippen LogP contribution in [0.5, 0.6) is 0 Å². The van der Waals surface area contributed by atoms with Crippen molar-refractivity contribution in [3.63, 3.8) is 0 Å². The molecular weight excluding hydrogens is 302 g/mol. The summed E-state index contributed by atoms with van der Waals surface area (Å²) in [5.74, 6) is 0.391. The van der Waals surface area contributed by atoms with Gasteiger partial charge >= 0.3 is 0 Å². The number of nitrogens with zero attached hydrogens (tertiary/aromatic N) is 1. The number of hydrogen-bond donors (Lipinski definition) is 2. The molecule has 0 aliphatic heterocycles. The highest BCUT2D eigenvalue weighted by Crippen LogP contribution is 2.15. The van der Waals surface area contributed by atoms with Gasteiger partial charge in [0, 0.05) is 18.8 Å². The van der Waals surface area contributed by atoms with Crippen molar-refractivity contribution >= 4 is 5.91 Å². The first-order valence-corrected chi connectivity index (χ1v) is 8.55. The van der Waals surface area contributed by atoms with Crippen molar-refractivity contribution in [2.24, 2.45) is 5.92 Å². The highest BCUT2D eigenvalue weighted by atomic mass is 16.5. The van der Waals surface area contributed by atoms with E-state index >= 15 is 0 Å². The molecule has 24 heavy (non-hydrogen) atoms. The summed E-state index contributed by atoms with van der Waals surface area (Å²) in [6.45, 7) is 7.49. The lowest BCUT2D eigenvalue weighted by Crippen LogP contribution is -2.25. The van der Waals surface area contributed by atoms with Crippen LogP contribution in [-0.4, -0.2) is 29.3 Å². The topological polar surface area (TPSA) is 67.0 Å². The first kappa shape index (κ1) is 18.2. The van der Waals surface area contributed by atoms with Crippen molar-refractivity contribution in [1.82, 2.24) is 15.5 Å². The quantitative estimate of drug-likeness (QED) is 0.692. The Labute approximate surface area is 143 Å². The molecule has 1 aromatic heterocycles. The molecule has 1 heterocycles. The molecule has 0 spiro atoms. The molecule has 1 atom stereocenters. The molecule has 130 valence electrons. The van der Waals surface area contributed by atoms with Gasteiger partial charge in [-0.3, -0.25) is 9.89 Å². The van der Waals surface area contributed by atoms with E-state index < -0.39 is 0 Å². The maximum Gasteiger partial charge on any atom is 0.271 e. The van der Waals surface area contributed by atoms with Crippen LogP contribution in [0.2, 0.25) is 0 Å². The van der Waals surface area contributed by atoms with Crippen LogP contribution in [-0.2, 0) is 11.2 Å². The lowest BCUT2D eigenvalue weighted by atomic mass is 10.1. The van der Waals surface area contributed by atoms with E-state index in [2.05, 4.69) is 41.5 Å². The van der Waals surface area contributed by atoms with E-state index in [1.807, 2.05) is 31.2 Å². The van der Waals surface area contributed by atoms with E-state index in [9.17, 15) is 4.79 Å². The zero-order chi connectivity index (χ0) is 17.4. The van der Waals surface area contributed by atoms with Gasteiger partial charge in [0.1, 0.15) is 5.69 Å². The van der Waals surface area contributed by atoms with Gasteiger partial charge in [0.15, 0.2) is 0 Å². The Morgan fingerprint density at radius 1 is 1.25 bits per heavy atom. The van der Waals surface area contributed by atoms with Crippen LogP contribution in [0, 0.1) is 5.92 Å². The van der Waals surface area contributed by atoms with Crippen molar-refractivity contribution < 1.29 is 9.53 Å². The van der Waals surface area contributed by atoms with E-state index in [1.165, 1.54) is 0 Å². The second-order valence-corrected chi connectivity index (χ2v) is 6.41. The van der Waals surface area contributed by atoms with Gasteiger partial charge < -0.3 is 10.1 Å². The van der Waals surface area contributed by atoms with E-state index in [0.717, 1.165) is 24.1 Å². The van der Waals surface area contributed by atoms with Crippen molar-refractivity contribution in [3.8, 4) is 0 Å². The molecule has 0 radical (unpaired) electrons. The second-order valence-electron chi connectivity index (χ2n) is 6.41. The maximum atomic E-state index is 12.0. The first-order chi connectivity index (χ1) is 11.6. The first-order valence-electron chi connectivity index (χ1n) is 8.55. The molecule has 0 aliphatic rings. The largest absolute Gasteiger partial charge is 0.374 e. The molecule has 2 rings (SSSR count). The van der Waals surface area contributed by atoms with Gasteiger partial charge in [0.2, 0.25) is 0 Å². The van der Waals surface area contributed by atoms with Gasteiger partial charge in [-0.05, 0) is 37.3 Å². The number of carbonyl (C=O) groups is 1. The Bertz CT molecular complexity index is 623. The van der Waals surface area contributed by atoms with Crippen LogP contribution in [0.4, 0.5) is 0 Å². The fraction of sp³-hybridized carbons (Fsp3) is 0.474. The van der Waals surface area contributed by atoms with E-state index in [4.69, 9.17) is 4.74 Å². The van der Waals surface area contributed by atoms with Crippen molar-refractivity contribution in [2.75, 3.05) is 13.2 Å². The van der Waals surface area contributed by atoms with Crippen molar-refractivity contribution in [2.45, 2.75) is 39.7 Å². The molecule has 1 aromatic carbocycles. The monoisotopic (exact) mass is 329 g/mol. The van der Waals surface area contributed by atoms with Crippen molar-refractivity contribution in [1.29, 1.82) is 0 Å². The highest BCUT2D eigenvalue weighted by molar-refractivity contribution is 5.92. The minimum atomic E-state index is -0.141. The number of hydrogen-bond acceptors (Lipinski definition) is 3. The Kier molecular flexibility index (Phi) is 7.00. The van der Waals surface area contributed by atoms with Gasteiger partial charge in [-0.2, -0.15) is 5.10 Å². The number of amides is 1. The Morgan fingerprint density at radius 2 is 2.00 bits per heavy atom. The molecule has 0 saturated carbocycles. The zero-order valence-corrected chi connectivity index (χ0v) is 14.7. The summed E-state index contributed by atoms with van der Waals surface area (Å²) in [4.78, 5) is 12.0. The molecule has 1 amide bonds. The highest BCUT2D eigenvalue weighted by Gasteiger charge is 2.11. The molecule has 0 saturated heterocycles.